The van der Waals surface area contributed by atoms with Crippen molar-refractivity contribution in [2.45, 2.75) is 62.9 Å². The maximum atomic E-state index is 12.6. The summed E-state index contributed by atoms with van der Waals surface area (Å²) in [7, 11) is 0. The summed E-state index contributed by atoms with van der Waals surface area (Å²) in [4.78, 5) is 25.1. The summed E-state index contributed by atoms with van der Waals surface area (Å²) in [5.74, 6) is 1.20. The van der Waals surface area contributed by atoms with Crippen LogP contribution < -0.4 is 14.8 Å². The van der Waals surface area contributed by atoms with Crippen LogP contribution in [-0.2, 0) is 27.2 Å². The molecule has 156 valence electrons. The van der Waals surface area contributed by atoms with E-state index in [-0.39, 0.29) is 24.0 Å². The molecule has 0 aromatic heterocycles. The van der Waals surface area contributed by atoms with Gasteiger partial charge in [-0.2, -0.15) is 0 Å². The third kappa shape index (κ3) is 3.86. The lowest BCUT2D eigenvalue weighted by Gasteiger charge is -2.30. The Labute approximate surface area is 175 Å². The number of ether oxygens (including phenoxy) is 3. The van der Waals surface area contributed by atoms with Gasteiger partial charge in [-0.25, -0.2) is 4.79 Å². The minimum absolute atomic E-state index is 0.0660. The standard InChI is InChI=1S/C24H25NO5/c26-23(21-13-15-5-1-3-7-19(15)29-21)25-17-9-11-18(12-10-17)28-24(27)22-14-16-6-2-4-8-20(16)30-22/h1-8,17-18,21-22H,9-14H2,(H,25,26)/t17?,18?,21-,22-/m0/s1. The first-order valence-electron chi connectivity index (χ1n) is 10.7. The third-order valence-electron chi connectivity index (χ3n) is 6.15. The van der Waals surface area contributed by atoms with Crippen LogP contribution in [0.15, 0.2) is 48.5 Å². The van der Waals surface area contributed by atoms with Gasteiger partial charge in [-0.1, -0.05) is 36.4 Å². The molecule has 2 atom stereocenters. The Hall–Kier alpha value is -3.02. The molecular formula is C24H25NO5. The molecule has 0 radical (unpaired) electrons. The molecule has 3 aliphatic rings. The lowest BCUT2D eigenvalue weighted by molar-refractivity contribution is -0.158. The molecule has 2 aromatic rings. The molecule has 1 saturated carbocycles. The van der Waals surface area contributed by atoms with Crippen molar-refractivity contribution in [1.29, 1.82) is 0 Å². The third-order valence-corrected chi connectivity index (χ3v) is 6.15. The second-order valence-electron chi connectivity index (χ2n) is 8.26. The highest BCUT2D eigenvalue weighted by Gasteiger charge is 2.34. The molecule has 2 aliphatic heterocycles. The summed E-state index contributed by atoms with van der Waals surface area (Å²) >= 11 is 0. The number of esters is 1. The normalized spacial score (nSPS) is 26.7. The molecule has 6 heteroatoms. The monoisotopic (exact) mass is 407 g/mol. The van der Waals surface area contributed by atoms with E-state index in [1.165, 1.54) is 0 Å². The number of para-hydroxylation sites is 2. The Morgan fingerprint density at radius 2 is 1.37 bits per heavy atom. The van der Waals surface area contributed by atoms with Gasteiger partial charge in [-0.15, -0.1) is 0 Å². The number of benzene rings is 2. The molecule has 5 rings (SSSR count). The smallest absolute Gasteiger partial charge is 0.347 e. The highest BCUT2D eigenvalue weighted by molar-refractivity contribution is 5.82. The van der Waals surface area contributed by atoms with E-state index in [1.54, 1.807) is 0 Å². The molecule has 1 N–H and O–H groups in total. The van der Waals surface area contributed by atoms with Crippen LogP contribution in [0.1, 0.15) is 36.8 Å². The first-order valence-corrected chi connectivity index (χ1v) is 10.7. The Morgan fingerprint density at radius 1 is 0.800 bits per heavy atom. The van der Waals surface area contributed by atoms with Crippen LogP contribution in [0.4, 0.5) is 0 Å². The molecule has 0 saturated heterocycles. The molecule has 2 aromatic carbocycles. The molecule has 30 heavy (non-hydrogen) atoms. The fourth-order valence-electron chi connectivity index (χ4n) is 4.50. The van der Waals surface area contributed by atoms with E-state index in [2.05, 4.69) is 5.32 Å². The van der Waals surface area contributed by atoms with Crippen LogP contribution in [0.2, 0.25) is 0 Å². The lowest BCUT2D eigenvalue weighted by Crippen LogP contribution is -2.45. The number of fused-ring (bicyclic) bond motifs is 2. The zero-order valence-corrected chi connectivity index (χ0v) is 16.7. The van der Waals surface area contributed by atoms with Crippen molar-refractivity contribution in [2.24, 2.45) is 0 Å². The zero-order chi connectivity index (χ0) is 20.5. The van der Waals surface area contributed by atoms with E-state index < -0.39 is 12.2 Å². The highest BCUT2D eigenvalue weighted by atomic mass is 16.6. The number of carbonyl (C=O) groups is 2. The summed E-state index contributed by atoms with van der Waals surface area (Å²) in [6.07, 6.45) is 3.09. The lowest BCUT2D eigenvalue weighted by atomic mass is 9.92. The van der Waals surface area contributed by atoms with Crippen LogP contribution >= 0.6 is 0 Å². The van der Waals surface area contributed by atoms with Crippen LogP contribution in [-0.4, -0.2) is 36.2 Å². The quantitative estimate of drug-likeness (QED) is 0.789. The Balaban J connectivity index is 1.06. The van der Waals surface area contributed by atoms with Crippen LogP contribution in [0.25, 0.3) is 0 Å². The van der Waals surface area contributed by atoms with Crippen molar-refractivity contribution >= 4 is 11.9 Å². The Bertz CT molecular complexity index is 823. The van der Waals surface area contributed by atoms with Gasteiger partial charge in [0.1, 0.15) is 17.6 Å². The van der Waals surface area contributed by atoms with Crippen molar-refractivity contribution in [3.05, 3.63) is 59.7 Å². The maximum Gasteiger partial charge on any atom is 0.347 e. The van der Waals surface area contributed by atoms with Gasteiger partial charge in [-0.05, 0) is 48.9 Å². The van der Waals surface area contributed by atoms with E-state index in [0.29, 0.717) is 12.8 Å². The molecule has 1 aliphatic carbocycles. The largest absolute Gasteiger partial charge is 0.480 e. The number of carbonyl (C=O) groups excluding carboxylic acids is 2. The second kappa shape index (κ2) is 8.01. The van der Waals surface area contributed by atoms with Crippen molar-refractivity contribution in [3.63, 3.8) is 0 Å². The van der Waals surface area contributed by atoms with Gasteiger partial charge in [0.2, 0.25) is 0 Å². The predicted octanol–water partition coefficient (Wildman–Crippen LogP) is 2.96. The van der Waals surface area contributed by atoms with Crippen molar-refractivity contribution in [2.75, 3.05) is 0 Å². The van der Waals surface area contributed by atoms with Crippen LogP contribution in [0, 0.1) is 0 Å². The molecule has 6 nitrogen and oxygen atoms in total. The van der Waals surface area contributed by atoms with Gasteiger partial charge in [0.15, 0.2) is 12.2 Å². The number of hydrogen-bond donors (Lipinski definition) is 1. The fourth-order valence-corrected chi connectivity index (χ4v) is 4.50. The van der Waals surface area contributed by atoms with Gasteiger partial charge < -0.3 is 19.5 Å². The van der Waals surface area contributed by atoms with Gasteiger partial charge in [0, 0.05) is 18.9 Å². The van der Waals surface area contributed by atoms with Crippen LogP contribution in [0.3, 0.4) is 0 Å². The van der Waals surface area contributed by atoms with Crippen LogP contribution in [0.5, 0.6) is 11.5 Å². The number of rotatable bonds is 4. The predicted molar refractivity (Wildman–Crippen MR) is 109 cm³/mol. The van der Waals surface area contributed by atoms with Crippen molar-refractivity contribution in [1.82, 2.24) is 5.32 Å². The maximum absolute atomic E-state index is 12.6. The summed E-state index contributed by atoms with van der Waals surface area (Å²) < 4.78 is 17.2. The van der Waals surface area contributed by atoms with Crippen molar-refractivity contribution in [3.8, 4) is 11.5 Å². The minimum atomic E-state index is -0.555. The molecule has 1 amide bonds. The minimum Gasteiger partial charge on any atom is -0.480 e. The number of hydrogen-bond acceptors (Lipinski definition) is 5. The van der Waals surface area contributed by atoms with Gasteiger partial charge >= 0.3 is 5.97 Å². The second-order valence-corrected chi connectivity index (χ2v) is 8.26. The van der Waals surface area contributed by atoms with Gasteiger partial charge in [0.05, 0.1) is 0 Å². The van der Waals surface area contributed by atoms with Gasteiger partial charge in [-0.3, -0.25) is 4.79 Å². The van der Waals surface area contributed by atoms with E-state index in [4.69, 9.17) is 14.2 Å². The molecule has 0 spiro atoms. The molecule has 1 fully saturated rings. The molecule has 0 bridgehead atoms. The SMILES string of the molecule is O=C(NC1CCC(OC(=O)[C@@H]2Cc3ccccc3O2)CC1)[C@@H]1Cc2ccccc2O1. The zero-order valence-electron chi connectivity index (χ0n) is 16.7. The van der Waals surface area contributed by atoms with Gasteiger partial charge in [0.25, 0.3) is 5.91 Å². The van der Waals surface area contributed by atoms with E-state index >= 15 is 0 Å². The molecule has 0 unspecified atom stereocenters. The van der Waals surface area contributed by atoms with E-state index in [1.807, 2.05) is 48.5 Å². The summed E-state index contributed by atoms with van der Waals surface area (Å²) in [6, 6.07) is 15.6. The number of amides is 1. The van der Waals surface area contributed by atoms with Crippen molar-refractivity contribution < 1.29 is 23.8 Å². The highest BCUT2D eigenvalue weighted by Crippen LogP contribution is 2.31. The van der Waals surface area contributed by atoms with E-state index in [0.717, 1.165) is 48.3 Å². The molecule has 2 heterocycles. The average molecular weight is 407 g/mol. The average Bonchev–Trinajstić information content (AvgIpc) is 3.39. The summed E-state index contributed by atoms with van der Waals surface area (Å²) in [5, 5.41) is 3.11. The fraction of sp³-hybridized carbons (Fsp3) is 0.417. The Morgan fingerprint density at radius 3 is 2.00 bits per heavy atom. The summed E-state index contributed by atoms with van der Waals surface area (Å²) in [6.45, 7) is 0. The van der Waals surface area contributed by atoms with E-state index in [9.17, 15) is 9.59 Å². The Kier molecular flexibility index (Phi) is 5.07. The first-order chi connectivity index (χ1) is 14.7. The topological polar surface area (TPSA) is 73.9 Å². The first kappa shape index (κ1) is 19.0. The number of nitrogens with one attached hydrogen (secondary N) is 1. The molecular weight excluding hydrogens is 382 g/mol. The summed E-state index contributed by atoms with van der Waals surface area (Å²) in [5.41, 5.74) is 2.12.